The van der Waals surface area contributed by atoms with Crippen LogP contribution in [-0.4, -0.2) is 66.5 Å². The Morgan fingerprint density at radius 2 is 1.65 bits per heavy atom. The molecule has 0 aromatic heterocycles. The topological polar surface area (TPSA) is 75.9 Å². The Bertz CT molecular complexity index is 429. The number of hydrogen-bond acceptors (Lipinski definition) is 4. The number of ether oxygens (including phenoxy) is 1. The summed E-state index contributed by atoms with van der Waals surface area (Å²) >= 11 is 0. The van der Waals surface area contributed by atoms with E-state index in [9.17, 15) is 9.59 Å². The average Bonchev–Trinajstić information content (AvgIpc) is 3.24. The second-order valence-corrected chi connectivity index (χ2v) is 6.72. The van der Waals surface area contributed by atoms with Gasteiger partial charge in [-0.25, -0.2) is 0 Å². The van der Waals surface area contributed by atoms with Crippen molar-refractivity contribution in [1.29, 1.82) is 0 Å². The Labute approximate surface area is 144 Å². The fourth-order valence-corrected chi connectivity index (χ4v) is 3.84. The minimum Gasteiger partial charge on any atom is -0.364 e. The Morgan fingerprint density at radius 3 is 2.30 bits per heavy atom. The summed E-state index contributed by atoms with van der Waals surface area (Å²) in [5.74, 6) is 0.263. The van der Waals surface area contributed by atoms with Crippen LogP contribution in [0.25, 0.3) is 0 Å². The zero-order valence-corrected chi connectivity index (χ0v) is 14.4. The highest BCUT2D eigenvalue weighted by Crippen LogP contribution is 2.25. The molecule has 3 rings (SSSR count). The summed E-state index contributed by atoms with van der Waals surface area (Å²) in [6.45, 7) is 3.54. The fourth-order valence-electron chi connectivity index (χ4n) is 3.84. The van der Waals surface area contributed by atoms with E-state index in [-0.39, 0.29) is 42.3 Å². The van der Waals surface area contributed by atoms with E-state index in [1.165, 1.54) is 0 Å². The zero-order chi connectivity index (χ0) is 15.5. The fraction of sp³-hybridized carbons (Fsp3) is 0.875. The third-order valence-corrected chi connectivity index (χ3v) is 5.15. The molecule has 1 unspecified atom stereocenters. The lowest BCUT2D eigenvalue weighted by molar-refractivity contribution is -0.147. The summed E-state index contributed by atoms with van der Waals surface area (Å²) in [4.78, 5) is 28.9. The van der Waals surface area contributed by atoms with Crippen LogP contribution in [0.15, 0.2) is 0 Å². The van der Waals surface area contributed by atoms with Gasteiger partial charge in [-0.15, -0.1) is 12.4 Å². The van der Waals surface area contributed by atoms with Crippen LogP contribution >= 0.6 is 12.4 Å². The summed E-state index contributed by atoms with van der Waals surface area (Å²) in [5, 5.41) is 0. The Morgan fingerprint density at radius 1 is 0.957 bits per heavy atom. The van der Waals surface area contributed by atoms with E-state index in [0.717, 1.165) is 58.2 Å². The standard InChI is InChI=1S/C16H27N3O3.ClH/c17-10-13-5-6-14(22-13)16(21)19-9-3-4-12(11-19)15(20)18-7-1-2-8-18;/h12-14H,1-11,17H2;1H/t12?,13-,14+;/m1./s1. The molecule has 23 heavy (non-hydrogen) atoms. The highest BCUT2D eigenvalue weighted by Gasteiger charge is 2.37. The second kappa shape index (κ2) is 8.31. The maximum absolute atomic E-state index is 12.6. The normalized spacial score (nSPS) is 31.1. The molecule has 3 aliphatic rings. The van der Waals surface area contributed by atoms with Gasteiger partial charge in [0.05, 0.1) is 12.0 Å². The minimum atomic E-state index is -0.353. The van der Waals surface area contributed by atoms with E-state index in [0.29, 0.717) is 13.1 Å². The maximum atomic E-state index is 12.6. The number of rotatable bonds is 3. The average molecular weight is 346 g/mol. The van der Waals surface area contributed by atoms with Crippen molar-refractivity contribution in [3.8, 4) is 0 Å². The lowest BCUT2D eigenvalue weighted by Gasteiger charge is -2.35. The molecule has 7 heteroatoms. The van der Waals surface area contributed by atoms with Crippen LogP contribution in [0.2, 0.25) is 0 Å². The first kappa shape index (κ1) is 18.5. The third-order valence-electron chi connectivity index (χ3n) is 5.15. The van der Waals surface area contributed by atoms with Crippen molar-refractivity contribution in [2.24, 2.45) is 11.7 Å². The quantitative estimate of drug-likeness (QED) is 0.820. The maximum Gasteiger partial charge on any atom is 0.251 e. The van der Waals surface area contributed by atoms with Gasteiger partial charge in [0.1, 0.15) is 6.10 Å². The van der Waals surface area contributed by atoms with Crippen molar-refractivity contribution in [1.82, 2.24) is 9.80 Å². The predicted octanol–water partition coefficient (Wildman–Crippen LogP) is 0.775. The first-order valence-electron chi connectivity index (χ1n) is 8.62. The van der Waals surface area contributed by atoms with Gasteiger partial charge in [-0.2, -0.15) is 0 Å². The number of carbonyl (C=O) groups excluding carboxylic acids is 2. The van der Waals surface area contributed by atoms with Gasteiger partial charge in [-0.3, -0.25) is 9.59 Å². The van der Waals surface area contributed by atoms with Crippen LogP contribution < -0.4 is 5.73 Å². The number of nitrogens with two attached hydrogens (primary N) is 1. The molecule has 0 aliphatic carbocycles. The van der Waals surface area contributed by atoms with Gasteiger partial charge in [-0.1, -0.05) is 0 Å². The number of nitrogens with zero attached hydrogens (tertiary/aromatic N) is 2. The molecule has 132 valence electrons. The van der Waals surface area contributed by atoms with Gasteiger partial charge in [-0.05, 0) is 38.5 Å². The molecule has 3 atom stereocenters. The molecule has 3 aliphatic heterocycles. The highest BCUT2D eigenvalue weighted by atomic mass is 35.5. The van der Waals surface area contributed by atoms with E-state index >= 15 is 0 Å². The molecule has 3 fully saturated rings. The van der Waals surface area contributed by atoms with Crippen molar-refractivity contribution in [3.63, 3.8) is 0 Å². The largest absolute Gasteiger partial charge is 0.364 e. The molecule has 0 radical (unpaired) electrons. The first-order valence-corrected chi connectivity index (χ1v) is 8.62. The summed E-state index contributed by atoms with van der Waals surface area (Å²) in [7, 11) is 0. The second-order valence-electron chi connectivity index (χ2n) is 6.72. The molecule has 3 heterocycles. The Hall–Kier alpha value is -0.850. The van der Waals surface area contributed by atoms with Crippen LogP contribution in [-0.2, 0) is 14.3 Å². The molecule has 0 spiro atoms. The summed E-state index contributed by atoms with van der Waals surface area (Å²) in [6, 6.07) is 0. The molecule has 2 N–H and O–H groups in total. The van der Waals surface area contributed by atoms with Crippen LogP contribution in [0, 0.1) is 5.92 Å². The number of hydrogen-bond donors (Lipinski definition) is 1. The molecule has 6 nitrogen and oxygen atoms in total. The number of amides is 2. The van der Waals surface area contributed by atoms with Crippen LogP contribution in [0.1, 0.15) is 38.5 Å². The lowest BCUT2D eigenvalue weighted by Crippen LogP contribution is -2.49. The monoisotopic (exact) mass is 345 g/mol. The van der Waals surface area contributed by atoms with Gasteiger partial charge in [0.15, 0.2) is 0 Å². The number of piperidine rings is 1. The lowest BCUT2D eigenvalue weighted by atomic mass is 9.96. The van der Waals surface area contributed by atoms with Crippen molar-refractivity contribution in [2.75, 3.05) is 32.7 Å². The molecule has 3 saturated heterocycles. The Kier molecular flexibility index (Phi) is 6.68. The van der Waals surface area contributed by atoms with Gasteiger partial charge in [0.2, 0.25) is 5.91 Å². The van der Waals surface area contributed by atoms with Crippen LogP contribution in [0.5, 0.6) is 0 Å². The SMILES string of the molecule is Cl.NC[C@H]1CC[C@@H](C(=O)N2CCCC(C(=O)N3CCCC3)C2)O1. The number of likely N-dealkylation sites (tertiary alicyclic amines) is 2. The van der Waals surface area contributed by atoms with Gasteiger partial charge in [0, 0.05) is 32.7 Å². The molecule has 0 aromatic rings. The van der Waals surface area contributed by atoms with E-state index in [1.807, 2.05) is 9.80 Å². The van der Waals surface area contributed by atoms with Crippen molar-refractivity contribution in [2.45, 2.75) is 50.7 Å². The predicted molar refractivity (Wildman–Crippen MR) is 89.3 cm³/mol. The van der Waals surface area contributed by atoms with E-state index in [2.05, 4.69) is 0 Å². The Balaban J connectivity index is 0.00000192. The molecule has 0 bridgehead atoms. The number of carbonyl (C=O) groups is 2. The van der Waals surface area contributed by atoms with Gasteiger partial charge >= 0.3 is 0 Å². The number of halogens is 1. The summed E-state index contributed by atoms with van der Waals surface area (Å²) in [6.07, 6.45) is 5.29. The molecular weight excluding hydrogens is 318 g/mol. The van der Waals surface area contributed by atoms with E-state index in [1.54, 1.807) is 0 Å². The highest BCUT2D eigenvalue weighted by molar-refractivity contribution is 5.85. The molecule has 0 saturated carbocycles. The molecular formula is C16H28ClN3O3. The smallest absolute Gasteiger partial charge is 0.251 e. The minimum absolute atomic E-state index is 0. The molecule has 0 aromatic carbocycles. The van der Waals surface area contributed by atoms with Gasteiger partial charge < -0.3 is 20.3 Å². The van der Waals surface area contributed by atoms with Gasteiger partial charge in [0.25, 0.3) is 5.91 Å². The summed E-state index contributed by atoms with van der Waals surface area (Å²) in [5.41, 5.74) is 5.61. The summed E-state index contributed by atoms with van der Waals surface area (Å²) < 4.78 is 5.71. The van der Waals surface area contributed by atoms with E-state index in [4.69, 9.17) is 10.5 Å². The van der Waals surface area contributed by atoms with Crippen molar-refractivity contribution < 1.29 is 14.3 Å². The first-order chi connectivity index (χ1) is 10.7. The van der Waals surface area contributed by atoms with Crippen LogP contribution in [0.3, 0.4) is 0 Å². The zero-order valence-electron chi connectivity index (χ0n) is 13.6. The van der Waals surface area contributed by atoms with Crippen LogP contribution in [0.4, 0.5) is 0 Å². The molecule has 2 amide bonds. The van der Waals surface area contributed by atoms with Crippen molar-refractivity contribution in [3.05, 3.63) is 0 Å². The van der Waals surface area contributed by atoms with E-state index < -0.39 is 0 Å². The van der Waals surface area contributed by atoms with Crippen molar-refractivity contribution >= 4 is 24.2 Å². The third kappa shape index (κ3) is 4.17.